The van der Waals surface area contributed by atoms with Crippen molar-refractivity contribution in [2.75, 3.05) is 13.2 Å². The second kappa shape index (κ2) is 7.01. The third-order valence-corrected chi connectivity index (χ3v) is 5.13. The second-order valence-electron chi connectivity index (χ2n) is 3.23. The Labute approximate surface area is 112 Å². The Kier molecular flexibility index (Phi) is 6.38. The highest BCUT2D eigenvalue weighted by Gasteiger charge is 2.04. The van der Waals surface area contributed by atoms with Gasteiger partial charge in [-0.05, 0) is 51.8 Å². The van der Waals surface area contributed by atoms with Crippen LogP contribution in [0.1, 0.15) is 18.7 Å². The summed E-state index contributed by atoms with van der Waals surface area (Å²) in [4.78, 5) is 1.32. The number of halogens is 2. The standard InChI is InChI=1S/C10H15Br2NOS/c1-3-14-7(2)5-13-6-8-4-9(11)10(12)15-8/h4,7,13H,3,5-6H2,1-2H3. The fourth-order valence-electron chi connectivity index (χ4n) is 1.22. The van der Waals surface area contributed by atoms with Crippen molar-refractivity contribution in [1.29, 1.82) is 0 Å². The van der Waals surface area contributed by atoms with Crippen molar-refractivity contribution < 1.29 is 4.74 Å². The molecule has 0 radical (unpaired) electrons. The largest absolute Gasteiger partial charge is 0.377 e. The van der Waals surface area contributed by atoms with Gasteiger partial charge in [-0.25, -0.2) is 0 Å². The summed E-state index contributed by atoms with van der Waals surface area (Å²) in [6.07, 6.45) is 0.279. The Hall–Kier alpha value is 0.580. The predicted octanol–water partition coefficient (Wildman–Crippen LogP) is 3.79. The van der Waals surface area contributed by atoms with Crippen molar-refractivity contribution in [3.05, 3.63) is 19.2 Å². The van der Waals surface area contributed by atoms with Gasteiger partial charge in [-0.1, -0.05) is 0 Å². The van der Waals surface area contributed by atoms with Gasteiger partial charge in [0.15, 0.2) is 0 Å². The minimum Gasteiger partial charge on any atom is -0.377 e. The fourth-order valence-corrected chi connectivity index (χ4v) is 3.37. The first-order valence-corrected chi connectivity index (χ1v) is 7.29. The van der Waals surface area contributed by atoms with Crippen LogP contribution in [0, 0.1) is 0 Å². The average Bonchev–Trinajstić information content (AvgIpc) is 2.46. The van der Waals surface area contributed by atoms with Crippen molar-refractivity contribution in [3.63, 3.8) is 0 Å². The van der Waals surface area contributed by atoms with E-state index in [1.54, 1.807) is 11.3 Å². The molecular weight excluding hydrogens is 342 g/mol. The monoisotopic (exact) mass is 355 g/mol. The zero-order valence-corrected chi connectivity index (χ0v) is 12.8. The lowest BCUT2D eigenvalue weighted by atomic mass is 10.4. The van der Waals surface area contributed by atoms with E-state index in [0.29, 0.717) is 0 Å². The lowest BCUT2D eigenvalue weighted by molar-refractivity contribution is 0.0760. The minimum atomic E-state index is 0.279. The Bertz CT molecular complexity index is 284. The molecule has 86 valence electrons. The van der Waals surface area contributed by atoms with Crippen LogP contribution in [-0.2, 0) is 11.3 Å². The van der Waals surface area contributed by atoms with Gasteiger partial charge >= 0.3 is 0 Å². The molecule has 1 rings (SSSR count). The van der Waals surface area contributed by atoms with E-state index < -0.39 is 0 Å². The number of rotatable bonds is 6. The summed E-state index contributed by atoms with van der Waals surface area (Å²) < 4.78 is 7.71. The van der Waals surface area contributed by atoms with Crippen LogP contribution in [-0.4, -0.2) is 19.3 Å². The molecule has 1 aromatic rings. The quantitative estimate of drug-likeness (QED) is 0.837. The van der Waals surface area contributed by atoms with Crippen molar-refractivity contribution in [1.82, 2.24) is 5.32 Å². The first-order valence-electron chi connectivity index (χ1n) is 4.89. The highest BCUT2D eigenvalue weighted by atomic mass is 79.9. The third-order valence-electron chi connectivity index (χ3n) is 1.88. The molecule has 1 heterocycles. The number of thiophene rings is 1. The summed E-state index contributed by atoms with van der Waals surface area (Å²) in [7, 11) is 0. The maximum Gasteiger partial charge on any atom is 0.0843 e. The molecule has 0 aliphatic heterocycles. The number of hydrogen-bond donors (Lipinski definition) is 1. The Balaban J connectivity index is 2.25. The van der Waals surface area contributed by atoms with Gasteiger partial charge in [0.25, 0.3) is 0 Å². The van der Waals surface area contributed by atoms with Gasteiger partial charge in [-0.2, -0.15) is 0 Å². The zero-order valence-electron chi connectivity index (χ0n) is 8.85. The normalized spacial score (nSPS) is 13.1. The van der Waals surface area contributed by atoms with Crippen molar-refractivity contribution >= 4 is 43.2 Å². The highest BCUT2D eigenvalue weighted by molar-refractivity contribution is 9.13. The molecule has 0 bridgehead atoms. The Morgan fingerprint density at radius 2 is 2.27 bits per heavy atom. The van der Waals surface area contributed by atoms with Gasteiger partial charge in [0.2, 0.25) is 0 Å². The van der Waals surface area contributed by atoms with E-state index in [4.69, 9.17) is 4.74 Å². The molecule has 0 aliphatic rings. The lowest BCUT2D eigenvalue weighted by Crippen LogP contribution is -2.26. The predicted molar refractivity (Wildman–Crippen MR) is 72.5 cm³/mol. The first kappa shape index (κ1) is 13.6. The maximum atomic E-state index is 5.43. The number of hydrogen-bond acceptors (Lipinski definition) is 3. The van der Waals surface area contributed by atoms with Crippen LogP contribution in [0.25, 0.3) is 0 Å². The topological polar surface area (TPSA) is 21.3 Å². The summed E-state index contributed by atoms with van der Waals surface area (Å²) in [6, 6.07) is 2.13. The molecule has 0 aliphatic carbocycles. The highest BCUT2D eigenvalue weighted by Crippen LogP contribution is 2.32. The molecule has 1 atom stereocenters. The van der Waals surface area contributed by atoms with Crippen LogP contribution in [0.2, 0.25) is 0 Å². The molecule has 1 unspecified atom stereocenters. The molecule has 0 saturated heterocycles. The summed E-state index contributed by atoms with van der Waals surface area (Å²) in [5, 5.41) is 3.37. The molecule has 1 N–H and O–H groups in total. The summed E-state index contributed by atoms with van der Waals surface area (Å²) in [5.41, 5.74) is 0. The molecule has 2 nitrogen and oxygen atoms in total. The van der Waals surface area contributed by atoms with E-state index in [-0.39, 0.29) is 6.10 Å². The Morgan fingerprint density at radius 1 is 1.53 bits per heavy atom. The summed E-state index contributed by atoms with van der Waals surface area (Å²) >= 11 is 8.70. The average molecular weight is 357 g/mol. The number of ether oxygens (including phenoxy) is 1. The summed E-state index contributed by atoms with van der Waals surface area (Å²) in [5.74, 6) is 0. The van der Waals surface area contributed by atoms with Gasteiger partial charge in [0.1, 0.15) is 0 Å². The van der Waals surface area contributed by atoms with Crippen LogP contribution < -0.4 is 5.32 Å². The van der Waals surface area contributed by atoms with Gasteiger partial charge in [0, 0.05) is 29.0 Å². The lowest BCUT2D eigenvalue weighted by Gasteiger charge is -2.11. The van der Waals surface area contributed by atoms with E-state index >= 15 is 0 Å². The van der Waals surface area contributed by atoms with Crippen molar-refractivity contribution in [2.45, 2.75) is 26.5 Å². The molecule has 0 aromatic carbocycles. The maximum absolute atomic E-state index is 5.43. The molecule has 0 spiro atoms. The SMILES string of the molecule is CCOC(C)CNCc1cc(Br)c(Br)s1. The smallest absolute Gasteiger partial charge is 0.0843 e. The van der Waals surface area contributed by atoms with E-state index in [9.17, 15) is 0 Å². The van der Waals surface area contributed by atoms with E-state index in [2.05, 4.69) is 50.2 Å². The third kappa shape index (κ3) is 4.95. The van der Waals surface area contributed by atoms with E-state index in [1.165, 1.54) is 4.88 Å². The Morgan fingerprint density at radius 3 is 2.80 bits per heavy atom. The van der Waals surface area contributed by atoms with Gasteiger partial charge in [-0.3, -0.25) is 0 Å². The molecule has 1 aromatic heterocycles. The van der Waals surface area contributed by atoms with Gasteiger partial charge in [-0.15, -0.1) is 11.3 Å². The van der Waals surface area contributed by atoms with Crippen LogP contribution in [0.15, 0.2) is 14.3 Å². The van der Waals surface area contributed by atoms with Crippen LogP contribution in [0.3, 0.4) is 0 Å². The van der Waals surface area contributed by atoms with Crippen LogP contribution in [0.5, 0.6) is 0 Å². The van der Waals surface area contributed by atoms with E-state index in [0.717, 1.165) is 28.0 Å². The molecule has 15 heavy (non-hydrogen) atoms. The zero-order chi connectivity index (χ0) is 11.3. The minimum absolute atomic E-state index is 0.279. The second-order valence-corrected chi connectivity index (χ2v) is 6.54. The van der Waals surface area contributed by atoms with E-state index in [1.807, 2.05) is 6.92 Å². The van der Waals surface area contributed by atoms with Crippen LogP contribution in [0.4, 0.5) is 0 Å². The molecule has 0 amide bonds. The van der Waals surface area contributed by atoms with Crippen LogP contribution >= 0.6 is 43.2 Å². The molecule has 5 heteroatoms. The molecule has 0 fully saturated rings. The van der Waals surface area contributed by atoms with Gasteiger partial charge in [0.05, 0.1) is 9.89 Å². The number of nitrogens with one attached hydrogen (secondary N) is 1. The van der Waals surface area contributed by atoms with Crippen molar-refractivity contribution in [2.24, 2.45) is 0 Å². The summed E-state index contributed by atoms with van der Waals surface area (Å²) in [6.45, 7) is 6.66. The fraction of sp³-hybridized carbons (Fsp3) is 0.600. The van der Waals surface area contributed by atoms with Gasteiger partial charge < -0.3 is 10.1 Å². The molecular formula is C10H15Br2NOS. The first-order chi connectivity index (χ1) is 7.13. The van der Waals surface area contributed by atoms with Crippen molar-refractivity contribution in [3.8, 4) is 0 Å². The molecule has 0 saturated carbocycles.